The van der Waals surface area contributed by atoms with Crippen LogP contribution in [0, 0.1) is 5.82 Å². The van der Waals surface area contributed by atoms with Crippen LogP contribution < -0.4 is 0 Å². The van der Waals surface area contributed by atoms with E-state index in [0.717, 1.165) is 54.4 Å². The Morgan fingerprint density at radius 2 is 1.80 bits per heavy atom. The van der Waals surface area contributed by atoms with E-state index in [4.69, 9.17) is 0 Å². The Morgan fingerprint density at radius 3 is 2.60 bits per heavy atom. The second-order valence-corrected chi connectivity index (χ2v) is 9.46. The van der Waals surface area contributed by atoms with Crippen molar-refractivity contribution >= 4 is 29.0 Å². The quantitative estimate of drug-likeness (QED) is 0.471. The molecule has 4 rings (SSSR count). The van der Waals surface area contributed by atoms with E-state index < -0.39 is 0 Å². The van der Waals surface area contributed by atoms with E-state index >= 15 is 0 Å². The van der Waals surface area contributed by atoms with Gasteiger partial charge in [-0.2, -0.15) is 0 Å². The number of amides is 1. The highest BCUT2D eigenvalue weighted by Gasteiger charge is 2.22. The molecule has 0 atom stereocenters. The SMILES string of the molecule is O=C(c1ccccc1SCc1cccs1)N1CCCN(Cc2ccc(F)cc2)CC1. The molecule has 1 amide bonds. The van der Waals surface area contributed by atoms with Crippen LogP contribution in [0.5, 0.6) is 0 Å². The van der Waals surface area contributed by atoms with Gasteiger partial charge in [0, 0.05) is 48.2 Å². The first-order chi connectivity index (χ1) is 14.7. The van der Waals surface area contributed by atoms with E-state index in [0.29, 0.717) is 6.54 Å². The summed E-state index contributed by atoms with van der Waals surface area (Å²) >= 11 is 3.47. The number of hydrogen-bond acceptors (Lipinski definition) is 4. The van der Waals surface area contributed by atoms with Gasteiger partial charge in [-0.1, -0.05) is 30.3 Å². The van der Waals surface area contributed by atoms with E-state index in [2.05, 4.69) is 22.4 Å². The molecule has 0 unspecified atom stereocenters. The molecule has 6 heteroatoms. The summed E-state index contributed by atoms with van der Waals surface area (Å²) in [7, 11) is 0. The average molecular weight is 441 g/mol. The van der Waals surface area contributed by atoms with E-state index in [1.54, 1.807) is 23.1 Å². The highest BCUT2D eigenvalue weighted by molar-refractivity contribution is 7.98. The molecule has 3 aromatic rings. The fraction of sp³-hybridized carbons (Fsp3) is 0.292. The van der Waals surface area contributed by atoms with E-state index in [1.807, 2.05) is 41.3 Å². The van der Waals surface area contributed by atoms with Gasteiger partial charge in [-0.3, -0.25) is 9.69 Å². The maximum absolute atomic E-state index is 13.3. The molecule has 1 aliphatic rings. The molecular formula is C24H25FN2OS2. The number of rotatable bonds is 6. The van der Waals surface area contributed by atoms with Gasteiger partial charge < -0.3 is 4.90 Å². The molecule has 3 nitrogen and oxygen atoms in total. The molecule has 1 aliphatic heterocycles. The Kier molecular flexibility index (Phi) is 7.20. The lowest BCUT2D eigenvalue weighted by molar-refractivity contribution is 0.0757. The Hall–Kier alpha value is -2.15. The minimum atomic E-state index is -0.206. The Bertz CT molecular complexity index is 960. The number of carbonyl (C=O) groups excluding carboxylic acids is 1. The zero-order valence-corrected chi connectivity index (χ0v) is 18.4. The number of halogens is 1. The number of thioether (sulfide) groups is 1. The first-order valence-electron chi connectivity index (χ1n) is 10.2. The summed E-state index contributed by atoms with van der Waals surface area (Å²) in [4.78, 5) is 20.0. The largest absolute Gasteiger partial charge is 0.337 e. The Labute approximate surface area is 185 Å². The summed E-state index contributed by atoms with van der Waals surface area (Å²) in [6.45, 7) is 4.03. The van der Waals surface area contributed by atoms with Crippen molar-refractivity contribution in [1.82, 2.24) is 9.80 Å². The Balaban J connectivity index is 1.38. The molecule has 0 bridgehead atoms. The third-order valence-corrected chi connectivity index (χ3v) is 7.44. The predicted octanol–water partition coefficient (Wildman–Crippen LogP) is 5.53. The Morgan fingerprint density at radius 1 is 0.967 bits per heavy atom. The van der Waals surface area contributed by atoms with Gasteiger partial charge in [0.1, 0.15) is 5.82 Å². The molecule has 2 heterocycles. The van der Waals surface area contributed by atoms with Crippen molar-refractivity contribution in [2.45, 2.75) is 23.6 Å². The highest BCUT2D eigenvalue weighted by atomic mass is 32.2. The van der Waals surface area contributed by atoms with Crippen molar-refractivity contribution in [3.63, 3.8) is 0 Å². The monoisotopic (exact) mass is 440 g/mol. The van der Waals surface area contributed by atoms with Gasteiger partial charge in [0.25, 0.3) is 5.91 Å². The lowest BCUT2D eigenvalue weighted by atomic mass is 10.2. The number of hydrogen-bond donors (Lipinski definition) is 0. The number of nitrogens with zero attached hydrogens (tertiary/aromatic N) is 2. The van der Waals surface area contributed by atoms with Crippen LogP contribution in [0.15, 0.2) is 70.9 Å². The molecule has 30 heavy (non-hydrogen) atoms. The summed E-state index contributed by atoms with van der Waals surface area (Å²) in [6.07, 6.45) is 0.942. The van der Waals surface area contributed by atoms with Crippen LogP contribution in [0.3, 0.4) is 0 Å². The summed E-state index contributed by atoms with van der Waals surface area (Å²) in [5, 5.41) is 2.09. The summed E-state index contributed by atoms with van der Waals surface area (Å²) < 4.78 is 13.1. The molecule has 1 fully saturated rings. The fourth-order valence-electron chi connectivity index (χ4n) is 3.66. The molecule has 1 saturated heterocycles. The zero-order chi connectivity index (χ0) is 20.8. The maximum atomic E-state index is 13.3. The highest BCUT2D eigenvalue weighted by Crippen LogP contribution is 2.29. The summed E-state index contributed by atoms with van der Waals surface area (Å²) in [6, 6.07) is 18.8. The van der Waals surface area contributed by atoms with Crippen molar-refractivity contribution in [3.05, 3.63) is 87.9 Å². The van der Waals surface area contributed by atoms with Gasteiger partial charge in [-0.15, -0.1) is 23.1 Å². The lowest BCUT2D eigenvalue weighted by Crippen LogP contribution is -2.35. The van der Waals surface area contributed by atoms with Crippen molar-refractivity contribution < 1.29 is 9.18 Å². The molecular weight excluding hydrogens is 415 g/mol. The zero-order valence-electron chi connectivity index (χ0n) is 16.8. The van der Waals surface area contributed by atoms with E-state index in [9.17, 15) is 9.18 Å². The molecule has 0 radical (unpaired) electrons. The lowest BCUT2D eigenvalue weighted by Gasteiger charge is -2.23. The standard InChI is InChI=1S/C24H25FN2OS2/c25-20-10-8-19(9-11-20)17-26-12-4-13-27(15-14-26)24(28)22-6-1-2-7-23(22)30-18-21-5-3-16-29-21/h1-3,5-11,16H,4,12-15,17-18H2. The molecule has 0 saturated carbocycles. The van der Waals surface area contributed by atoms with Gasteiger partial charge in [0.2, 0.25) is 0 Å². The second-order valence-electron chi connectivity index (χ2n) is 7.41. The van der Waals surface area contributed by atoms with Gasteiger partial charge >= 0.3 is 0 Å². The molecule has 0 aliphatic carbocycles. The van der Waals surface area contributed by atoms with Crippen LogP contribution >= 0.6 is 23.1 Å². The van der Waals surface area contributed by atoms with E-state index in [-0.39, 0.29) is 11.7 Å². The number of benzene rings is 2. The van der Waals surface area contributed by atoms with E-state index in [1.165, 1.54) is 17.0 Å². The van der Waals surface area contributed by atoms with Crippen molar-refractivity contribution in [2.24, 2.45) is 0 Å². The van der Waals surface area contributed by atoms with Crippen molar-refractivity contribution in [3.8, 4) is 0 Å². The molecule has 156 valence electrons. The molecule has 0 N–H and O–H groups in total. The third kappa shape index (κ3) is 5.50. The minimum Gasteiger partial charge on any atom is -0.337 e. The van der Waals surface area contributed by atoms with Gasteiger partial charge in [0.15, 0.2) is 0 Å². The topological polar surface area (TPSA) is 23.6 Å². The number of carbonyl (C=O) groups is 1. The van der Waals surface area contributed by atoms with Crippen molar-refractivity contribution in [1.29, 1.82) is 0 Å². The third-order valence-electron chi connectivity index (χ3n) is 5.26. The first-order valence-corrected chi connectivity index (χ1v) is 12.1. The molecule has 0 spiro atoms. The smallest absolute Gasteiger partial charge is 0.255 e. The first kappa shape index (κ1) is 21.1. The van der Waals surface area contributed by atoms with Crippen molar-refractivity contribution in [2.75, 3.05) is 26.2 Å². The van der Waals surface area contributed by atoms with Gasteiger partial charge in [-0.05, 0) is 47.7 Å². The predicted molar refractivity (Wildman–Crippen MR) is 123 cm³/mol. The van der Waals surface area contributed by atoms with Crippen LogP contribution in [0.25, 0.3) is 0 Å². The summed E-state index contributed by atoms with van der Waals surface area (Å²) in [5.74, 6) is 0.794. The second kappa shape index (κ2) is 10.2. The van der Waals surface area contributed by atoms with Crippen LogP contribution in [-0.4, -0.2) is 41.9 Å². The van der Waals surface area contributed by atoms with Crippen LogP contribution in [0.2, 0.25) is 0 Å². The molecule has 2 aromatic carbocycles. The summed E-state index contributed by atoms with van der Waals surface area (Å²) in [5.41, 5.74) is 1.90. The normalized spacial score (nSPS) is 15.2. The van der Waals surface area contributed by atoms with Crippen LogP contribution in [0.4, 0.5) is 4.39 Å². The van der Waals surface area contributed by atoms with Gasteiger partial charge in [0.05, 0.1) is 5.56 Å². The van der Waals surface area contributed by atoms with Crippen LogP contribution in [-0.2, 0) is 12.3 Å². The average Bonchev–Trinajstić information content (AvgIpc) is 3.19. The van der Waals surface area contributed by atoms with Gasteiger partial charge in [-0.25, -0.2) is 4.39 Å². The minimum absolute atomic E-state index is 0.118. The maximum Gasteiger partial charge on any atom is 0.255 e. The number of thiophene rings is 1. The van der Waals surface area contributed by atoms with Crippen LogP contribution in [0.1, 0.15) is 27.2 Å². The fourth-order valence-corrected chi connectivity index (χ4v) is 5.48. The molecule has 1 aromatic heterocycles.